The van der Waals surface area contributed by atoms with E-state index in [1.807, 2.05) is 7.05 Å². The predicted octanol–water partition coefficient (Wildman–Crippen LogP) is 4.50. The van der Waals surface area contributed by atoms with Crippen molar-refractivity contribution in [2.24, 2.45) is 11.0 Å². The van der Waals surface area contributed by atoms with Crippen LogP contribution < -0.4 is 5.32 Å². The number of nitrogens with zero attached hydrogens (tertiary/aromatic N) is 2. The highest BCUT2D eigenvalue weighted by atomic mass is 15.5. The Balaban J connectivity index is 1.68. The third-order valence-corrected chi connectivity index (χ3v) is 5.45. The zero-order valence-electron chi connectivity index (χ0n) is 15.4. The van der Waals surface area contributed by atoms with Gasteiger partial charge in [-0.25, -0.2) is 0 Å². The average molecular weight is 345 g/mol. The number of hydrogen-bond acceptors (Lipinski definition) is 3. The molecule has 0 amide bonds. The number of rotatable bonds is 5. The van der Waals surface area contributed by atoms with E-state index < -0.39 is 0 Å². The van der Waals surface area contributed by atoms with Crippen molar-refractivity contribution in [1.82, 2.24) is 10.3 Å². The lowest BCUT2D eigenvalue weighted by atomic mass is 9.77. The molecule has 1 fully saturated rings. The van der Waals surface area contributed by atoms with Gasteiger partial charge in [0.15, 0.2) is 0 Å². The monoisotopic (exact) mass is 345 g/mol. The Hall–Kier alpha value is -2.39. The highest BCUT2D eigenvalue weighted by Gasteiger charge is 2.40. The molecule has 3 heteroatoms. The zero-order valence-corrected chi connectivity index (χ0v) is 15.4. The van der Waals surface area contributed by atoms with Gasteiger partial charge < -0.3 is 5.32 Å². The lowest BCUT2D eigenvalue weighted by Crippen LogP contribution is -2.31. The summed E-state index contributed by atoms with van der Waals surface area (Å²) in [6, 6.07) is 21.9. The highest BCUT2D eigenvalue weighted by Crippen LogP contribution is 2.44. The van der Waals surface area contributed by atoms with Gasteiger partial charge in [0.2, 0.25) is 0 Å². The Kier molecular flexibility index (Phi) is 5.16. The largest absolute Gasteiger partial charge is 0.318 e. The number of hydrazone groups is 1. The van der Waals surface area contributed by atoms with Crippen molar-refractivity contribution in [2.45, 2.75) is 25.3 Å². The van der Waals surface area contributed by atoms with Gasteiger partial charge in [0.25, 0.3) is 0 Å². The molecule has 1 heterocycles. The lowest BCUT2D eigenvalue weighted by Gasteiger charge is -2.30. The Morgan fingerprint density at radius 2 is 1.81 bits per heavy atom. The van der Waals surface area contributed by atoms with Crippen LogP contribution in [0.4, 0.5) is 0 Å². The first kappa shape index (κ1) is 17.0. The summed E-state index contributed by atoms with van der Waals surface area (Å²) in [7, 11) is 2.01. The van der Waals surface area contributed by atoms with E-state index in [1.165, 1.54) is 35.3 Å². The second kappa shape index (κ2) is 7.88. The van der Waals surface area contributed by atoms with Crippen LogP contribution in [-0.4, -0.2) is 30.9 Å². The summed E-state index contributed by atoms with van der Waals surface area (Å²) in [4.78, 5) is 0. The van der Waals surface area contributed by atoms with E-state index in [1.54, 1.807) is 0 Å². The molecule has 0 aromatic heterocycles. The van der Waals surface area contributed by atoms with Gasteiger partial charge >= 0.3 is 0 Å². The molecule has 0 spiro atoms. The van der Waals surface area contributed by atoms with Crippen molar-refractivity contribution in [3.05, 3.63) is 77.4 Å². The van der Waals surface area contributed by atoms with Crippen LogP contribution in [0.15, 0.2) is 71.3 Å². The Bertz CT molecular complexity index is 780. The fourth-order valence-electron chi connectivity index (χ4n) is 4.24. The molecule has 2 atom stereocenters. The predicted molar refractivity (Wildman–Crippen MR) is 109 cm³/mol. The summed E-state index contributed by atoms with van der Waals surface area (Å²) in [6.07, 6.45) is 5.94. The molecule has 3 nitrogen and oxygen atoms in total. The van der Waals surface area contributed by atoms with E-state index >= 15 is 0 Å². The molecule has 2 unspecified atom stereocenters. The minimum absolute atomic E-state index is 0.360. The van der Waals surface area contributed by atoms with Crippen LogP contribution in [0.2, 0.25) is 0 Å². The minimum atomic E-state index is 0.360. The summed E-state index contributed by atoms with van der Waals surface area (Å²) in [5.74, 6) is 0.498. The molecule has 1 aliphatic heterocycles. The number of hydrogen-bond donors (Lipinski definition) is 1. The molecule has 2 aromatic carbocycles. The summed E-state index contributed by atoms with van der Waals surface area (Å²) >= 11 is 0. The standard InChI is InChI=1S/C23H27N3/c1-24-15-16-26-23(19-11-6-3-7-12-19)21-14-8-13-20(22(21)25-26)17-18-9-4-2-5-10-18/h2-7,9-12,17,21,23-24H,8,13-16H2,1H3/b20-17-. The Labute approximate surface area is 156 Å². The van der Waals surface area contributed by atoms with Crippen LogP contribution in [-0.2, 0) is 0 Å². The van der Waals surface area contributed by atoms with Crippen molar-refractivity contribution in [3.8, 4) is 0 Å². The van der Waals surface area contributed by atoms with Gasteiger partial charge in [0.1, 0.15) is 0 Å². The topological polar surface area (TPSA) is 27.6 Å². The van der Waals surface area contributed by atoms with Gasteiger partial charge in [0.05, 0.1) is 11.8 Å². The first-order valence-electron chi connectivity index (χ1n) is 9.67. The first-order valence-corrected chi connectivity index (χ1v) is 9.67. The van der Waals surface area contributed by atoms with E-state index in [9.17, 15) is 0 Å². The minimum Gasteiger partial charge on any atom is -0.318 e. The van der Waals surface area contributed by atoms with Gasteiger partial charge in [-0.15, -0.1) is 0 Å². The van der Waals surface area contributed by atoms with E-state index in [-0.39, 0.29) is 0 Å². The SMILES string of the molecule is CNCCN1N=C2/C(=C\c3ccccc3)CCCC2C1c1ccccc1. The third-order valence-electron chi connectivity index (χ3n) is 5.45. The van der Waals surface area contributed by atoms with Crippen molar-refractivity contribution < 1.29 is 0 Å². The van der Waals surface area contributed by atoms with Crippen LogP contribution in [0.25, 0.3) is 6.08 Å². The van der Waals surface area contributed by atoms with Gasteiger partial charge in [-0.3, -0.25) is 5.01 Å². The maximum absolute atomic E-state index is 5.12. The lowest BCUT2D eigenvalue weighted by molar-refractivity contribution is 0.198. The first-order chi connectivity index (χ1) is 12.9. The number of fused-ring (bicyclic) bond motifs is 1. The smallest absolute Gasteiger partial charge is 0.0805 e. The molecule has 1 saturated carbocycles. The van der Waals surface area contributed by atoms with E-state index in [2.05, 4.69) is 77.1 Å². The Morgan fingerprint density at radius 1 is 1.08 bits per heavy atom. The number of allylic oxidation sites excluding steroid dienone is 1. The van der Waals surface area contributed by atoms with Crippen molar-refractivity contribution in [2.75, 3.05) is 20.1 Å². The van der Waals surface area contributed by atoms with E-state index in [0.29, 0.717) is 12.0 Å². The number of likely N-dealkylation sites (N-methyl/N-ethyl adjacent to an activating group) is 1. The van der Waals surface area contributed by atoms with Gasteiger partial charge in [-0.2, -0.15) is 5.10 Å². The maximum atomic E-state index is 5.12. The molecule has 26 heavy (non-hydrogen) atoms. The van der Waals surface area contributed by atoms with Gasteiger partial charge in [0, 0.05) is 19.0 Å². The summed E-state index contributed by atoms with van der Waals surface area (Å²) in [5.41, 5.74) is 5.38. The van der Waals surface area contributed by atoms with Crippen LogP contribution in [0, 0.1) is 5.92 Å². The second-order valence-electron chi connectivity index (χ2n) is 7.19. The maximum Gasteiger partial charge on any atom is 0.0805 e. The van der Waals surface area contributed by atoms with Crippen LogP contribution in [0.5, 0.6) is 0 Å². The van der Waals surface area contributed by atoms with Crippen LogP contribution in [0.3, 0.4) is 0 Å². The molecule has 0 radical (unpaired) electrons. The normalized spacial score (nSPS) is 23.8. The molecular formula is C23H27N3. The summed E-state index contributed by atoms with van der Waals surface area (Å²) in [5, 5.41) is 10.7. The van der Waals surface area contributed by atoms with E-state index in [4.69, 9.17) is 5.10 Å². The molecule has 2 aromatic rings. The van der Waals surface area contributed by atoms with Crippen LogP contribution >= 0.6 is 0 Å². The molecule has 0 saturated heterocycles. The number of nitrogens with one attached hydrogen (secondary N) is 1. The number of benzene rings is 2. The fraction of sp³-hybridized carbons (Fsp3) is 0.348. The van der Waals surface area contributed by atoms with Crippen LogP contribution in [0.1, 0.15) is 36.4 Å². The van der Waals surface area contributed by atoms with Gasteiger partial charge in [-0.05, 0) is 49.1 Å². The van der Waals surface area contributed by atoms with Crippen molar-refractivity contribution in [3.63, 3.8) is 0 Å². The van der Waals surface area contributed by atoms with E-state index in [0.717, 1.165) is 19.5 Å². The summed E-state index contributed by atoms with van der Waals surface area (Å²) in [6.45, 7) is 1.89. The third kappa shape index (κ3) is 3.45. The molecule has 1 N–H and O–H groups in total. The molecule has 4 rings (SSSR count). The molecule has 1 aliphatic carbocycles. The van der Waals surface area contributed by atoms with Crippen molar-refractivity contribution >= 4 is 11.8 Å². The Morgan fingerprint density at radius 3 is 2.54 bits per heavy atom. The molecule has 134 valence electrons. The molecular weight excluding hydrogens is 318 g/mol. The van der Waals surface area contributed by atoms with Crippen molar-refractivity contribution in [1.29, 1.82) is 0 Å². The van der Waals surface area contributed by atoms with Gasteiger partial charge in [-0.1, -0.05) is 60.7 Å². The fourth-order valence-corrected chi connectivity index (χ4v) is 4.24. The highest BCUT2D eigenvalue weighted by molar-refractivity contribution is 6.07. The summed E-state index contributed by atoms with van der Waals surface area (Å²) < 4.78 is 0. The average Bonchev–Trinajstić information content (AvgIpc) is 3.07. The quantitative estimate of drug-likeness (QED) is 0.864. The molecule has 0 bridgehead atoms. The second-order valence-corrected chi connectivity index (χ2v) is 7.19. The molecule has 2 aliphatic rings. The zero-order chi connectivity index (χ0) is 17.8.